The molecule has 0 radical (unpaired) electrons. The Bertz CT molecular complexity index is 1230. The highest BCUT2D eigenvalue weighted by atomic mass is 16.4. The maximum absolute atomic E-state index is 12.5. The van der Waals surface area contributed by atoms with E-state index < -0.39 is 55.7 Å². The number of rotatable bonds is 23. The fraction of sp³-hybridized carbons (Fsp3) is 0.737. The lowest BCUT2D eigenvalue weighted by Crippen LogP contribution is -2.53. The first-order valence-corrected chi connectivity index (χ1v) is 19.3. The number of hydrogen-bond donors (Lipinski definition) is 3. The molecule has 2 rings (SSSR count). The van der Waals surface area contributed by atoms with Crippen molar-refractivity contribution in [2.45, 2.75) is 89.7 Å². The van der Waals surface area contributed by atoms with Crippen molar-refractivity contribution in [3.63, 3.8) is 0 Å². The average molecular weight is 763 g/mol. The SMILES string of the molecule is CCCCC/C=C/[C@@H]1[C@H](O)CC(=O)[C@@H]1C/C=C\CCCC(=O)NCCCC(C(=O)O)N1CCN(CC(=O)[O-])CCN(CC(=O)[O-])CCN(CC(=O)[O-])CC1. The number of allylic oxidation sites excluding steroid dienone is 3. The van der Waals surface area contributed by atoms with Crippen LogP contribution in [0.15, 0.2) is 24.3 Å². The first-order chi connectivity index (χ1) is 25.8. The summed E-state index contributed by atoms with van der Waals surface area (Å²) in [4.78, 5) is 77.8. The van der Waals surface area contributed by atoms with Crippen molar-refractivity contribution in [1.29, 1.82) is 0 Å². The average Bonchev–Trinajstić information content (AvgIpc) is 3.36. The van der Waals surface area contributed by atoms with Crippen LogP contribution in [0.3, 0.4) is 0 Å². The summed E-state index contributed by atoms with van der Waals surface area (Å²) >= 11 is 0. The standard InChI is InChI=1S/C38H63N5O11/c1-2-3-4-5-8-12-29-30(33(45)25-32(29)44)13-9-6-7-10-15-34(46)39-16-11-14-31(38(53)54)43-23-21-41(27-36(49)50)19-17-40(26-35(47)48)18-20-42(22-24-43)28-37(51)52/h6,8-9,12,29-32,44H,2-5,7,10-11,13-28H2,1H3,(H,39,46)(H,47,48)(H,49,50)(H,51,52)(H,53,54)/p-3/b9-6-,12-8+/t29-,30+,31?,32+/m0/s1. The van der Waals surface area contributed by atoms with Crippen molar-refractivity contribution in [2.24, 2.45) is 11.8 Å². The Morgan fingerprint density at radius 2 is 1.31 bits per heavy atom. The third kappa shape index (κ3) is 19.1. The summed E-state index contributed by atoms with van der Waals surface area (Å²) < 4.78 is 0. The predicted octanol–water partition coefficient (Wildman–Crippen LogP) is -2.37. The topological polar surface area (TPSA) is 237 Å². The summed E-state index contributed by atoms with van der Waals surface area (Å²) in [6, 6.07) is -0.997. The molecule has 0 aromatic carbocycles. The predicted molar refractivity (Wildman–Crippen MR) is 193 cm³/mol. The van der Waals surface area contributed by atoms with Gasteiger partial charge in [0.15, 0.2) is 0 Å². The molecule has 1 aliphatic carbocycles. The van der Waals surface area contributed by atoms with E-state index in [0.717, 1.165) is 25.7 Å². The van der Waals surface area contributed by atoms with Crippen molar-refractivity contribution >= 4 is 35.6 Å². The molecule has 1 unspecified atom stereocenters. The summed E-state index contributed by atoms with van der Waals surface area (Å²) in [6.45, 7) is 2.24. The molecule has 2 aliphatic rings. The second-order valence-electron chi connectivity index (χ2n) is 14.3. The molecule has 1 saturated heterocycles. The van der Waals surface area contributed by atoms with Crippen molar-refractivity contribution in [3.05, 3.63) is 24.3 Å². The number of carboxylic acids is 4. The fourth-order valence-corrected chi connectivity index (χ4v) is 6.99. The summed E-state index contributed by atoms with van der Waals surface area (Å²) in [6.07, 6.45) is 14.4. The Hall–Kier alpha value is -3.70. The van der Waals surface area contributed by atoms with E-state index in [-0.39, 0.29) is 102 Å². The molecule has 16 heteroatoms. The van der Waals surface area contributed by atoms with Crippen LogP contribution in [0.25, 0.3) is 0 Å². The largest absolute Gasteiger partial charge is 0.549 e. The number of nitrogens with one attached hydrogen (secondary N) is 1. The molecular weight excluding hydrogens is 702 g/mol. The van der Waals surface area contributed by atoms with Crippen LogP contribution in [0.5, 0.6) is 0 Å². The molecule has 1 saturated carbocycles. The summed E-state index contributed by atoms with van der Waals surface area (Å²) in [5.41, 5.74) is 0. The smallest absolute Gasteiger partial charge is 0.320 e. The summed E-state index contributed by atoms with van der Waals surface area (Å²) in [5.74, 6) is -5.63. The third-order valence-electron chi connectivity index (χ3n) is 10.0. The highest BCUT2D eigenvalue weighted by Crippen LogP contribution is 2.33. The minimum absolute atomic E-state index is 0.0718. The lowest BCUT2D eigenvalue weighted by Gasteiger charge is -2.36. The van der Waals surface area contributed by atoms with Crippen LogP contribution in [0.2, 0.25) is 0 Å². The highest BCUT2D eigenvalue weighted by molar-refractivity contribution is 5.84. The van der Waals surface area contributed by atoms with Gasteiger partial charge < -0.3 is 45.2 Å². The number of carbonyl (C=O) groups is 6. The van der Waals surface area contributed by atoms with Crippen molar-refractivity contribution < 1.29 is 54.3 Å². The number of amides is 1. The number of ketones is 1. The molecule has 1 aliphatic heterocycles. The number of carbonyl (C=O) groups excluding carboxylic acids is 5. The lowest BCUT2D eigenvalue weighted by molar-refractivity contribution is -0.308. The van der Waals surface area contributed by atoms with Crippen molar-refractivity contribution in [2.75, 3.05) is 78.5 Å². The number of carboxylic acid groups (broad SMARTS) is 4. The van der Waals surface area contributed by atoms with Crippen LogP contribution in [0.4, 0.5) is 0 Å². The first kappa shape index (κ1) is 46.5. The normalized spacial score (nSPS) is 22.3. The third-order valence-corrected chi connectivity index (χ3v) is 10.0. The molecule has 0 spiro atoms. The number of unbranched alkanes of at least 4 members (excludes halogenated alkanes) is 4. The molecule has 0 aromatic heterocycles. The van der Waals surface area contributed by atoms with Gasteiger partial charge >= 0.3 is 5.97 Å². The van der Waals surface area contributed by atoms with Crippen LogP contribution >= 0.6 is 0 Å². The Kier molecular flexibility index (Phi) is 22.5. The Balaban J connectivity index is 1.87. The minimum atomic E-state index is -1.34. The van der Waals surface area contributed by atoms with E-state index >= 15 is 0 Å². The maximum Gasteiger partial charge on any atom is 0.320 e. The van der Waals surface area contributed by atoms with Gasteiger partial charge in [-0.2, -0.15) is 0 Å². The van der Waals surface area contributed by atoms with E-state index in [4.69, 9.17) is 0 Å². The van der Waals surface area contributed by atoms with Gasteiger partial charge in [-0.1, -0.05) is 44.1 Å². The van der Waals surface area contributed by atoms with Gasteiger partial charge in [0.1, 0.15) is 11.8 Å². The van der Waals surface area contributed by atoms with Crippen molar-refractivity contribution in [1.82, 2.24) is 24.9 Å². The minimum Gasteiger partial charge on any atom is -0.549 e. The summed E-state index contributed by atoms with van der Waals surface area (Å²) in [5, 5.41) is 57.5. The number of nitrogens with zero attached hydrogens (tertiary/aromatic N) is 4. The number of aliphatic carboxylic acids is 4. The zero-order valence-electron chi connectivity index (χ0n) is 31.7. The first-order valence-electron chi connectivity index (χ1n) is 19.3. The fourth-order valence-electron chi connectivity index (χ4n) is 6.99. The van der Waals surface area contributed by atoms with Gasteiger partial charge in [0, 0.05) is 103 Å². The van der Waals surface area contributed by atoms with E-state index in [1.54, 1.807) is 14.7 Å². The van der Waals surface area contributed by atoms with E-state index in [2.05, 4.69) is 18.3 Å². The molecule has 0 aromatic rings. The molecule has 0 bridgehead atoms. The van der Waals surface area contributed by atoms with E-state index in [1.165, 1.54) is 4.90 Å². The number of aliphatic hydroxyl groups excluding tert-OH is 1. The van der Waals surface area contributed by atoms with Gasteiger partial charge in [0.2, 0.25) is 5.91 Å². The van der Waals surface area contributed by atoms with E-state index in [0.29, 0.717) is 25.7 Å². The zero-order chi connectivity index (χ0) is 39.9. The molecule has 1 heterocycles. The molecule has 4 atom stereocenters. The monoisotopic (exact) mass is 762 g/mol. The van der Waals surface area contributed by atoms with Gasteiger partial charge in [-0.05, 0) is 44.9 Å². The maximum atomic E-state index is 12.5. The quantitative estimate of drug-likeness (QED) is 0.0729. The molecule has 3 N–H and O–H groups in total. The number of aliphatic hydroxyl groups is 1. The van der Waals surface area contributed by atoms with Gasteiger partial charge in [0.25, 0.3) is 0 Å². The molecule has 1 amide bonds. The second kappa shape index (κ2) is 26.2. The highest BCUT2D eigenvalue weighted by Gasteiger charge is 2.39. The number of Topliss-reactive ketones (excluding diaryl/α,β-unsaturated/α-hetero) is 1. The number of hydrogen-bond acceptors (Lipinski definition) is 14. The molecule has 16 nitrogen and oxygen atoms in total. The van der Waals surface area contributed by atoms with Gasteiger partial charge in [-0.15, -0.1) is 0 Å². The lowest BCUT2D eigenvalue weighted by atomic mass is 9.90. The molecular formula is C38H60N5O11-3. The van der Waals surface area contributed by atoms with E-state index in [1.807, 2.05) is 18.2 Å². The van der Waals surface area contributed by atoms with Crippen LogP contribution in [-0.2, 0) is 28.8 Å². The van der Waals surface area contributed by atoms with Gasteiger partial charge in [0.05, 0.1) is 24.0 Å². The van der Waals surface area contributed by atoms with Crippen molar-refractivity contribution in [3.8, 4) is 0 Å². The second-order valence-corrected chi connectivity index (χ2v) is 14.3. The Morgan fingerprint density at radius 3 is 1.83 bits per heavy atom. The zero-order valence-corrected chi connectivity index (χ0v) is 31.7. The molecule has 306 valence electrons. The van der Waals surface area contributed by atoms with Crippen LogP contribution in [-0.4, -0.2) is 156 Å². The van der Waals surface area contributed by atoms with Crippen LogP contribution in [0, 0.1) is 11.8 Å². The Labute approximate surface area is 318 Å². The summed E-state index contributed by atoms with van der Waals surface area (Å²) in [7, 11) is 0. The van der Waals surface area contributed by atoms with Gasteiger partial charge in [-0.25, -0.2) is 0 Å². The van der Waals surface area contributed by atoms with E-state index in [9.17, 15) is 54.3 Å². The molecule has 54 heavy (non-hydrogen) atoms. The van der Waals surface area contributed by atoms with Crippen LogP contribution < -0.4 is 20.6 Å². The Morgan fingerprint density at radius 1 is 0.778 bits per heavy atom. The van der Waals surface area contributed by atoms with Gasteiger partial charge in [-0.3, -0.25) is 34.0 Å². The van der Waals surface area contributed by atoms with Crippen LogP contribution in [0.1, 0.15) is 77.6 Å². The molecule has 2 fully saturated rings.